The van der Waals surface area contributed by atoms with Gasteiger partial charge in [0.1, 0.15) is 0 Å². The van der Waals surface area contributed by atoms with E-state index in [0.29, 0.717) is 24.0 Å². The van der Waals surface area contributed by atoms with Crippen LogP contribution < -0.4 is 5.32 Å². The monoisotopic (exact) mass is 397 g/mol. The Balaban J connectivity index is 2.03. The van der Waals surface area contributed by atoms with Gasteiger partial charge in [0.05, 0.1) is 11.5 Å². The van der Waals surface area contributed by atoms with Crippen LogP contribution in [-0.2, 0) is 16.4 Å². The number of pyridine rings is 1. The summed E-state index contributed by atoms with van der Waals surface area (Å²) in [6.45, 7) is 5.85. The Labute approximate surface area is 163 Å². The van der Waals surface area contributed by atoms with Crippen molar-refractivity contribution in [1.29, 1.82) is 0 Å². The molecule has 1 aliphatic heterocycles. The maximum absolute atomic E-state index is 11.9. The van der Waals surface area contributed by atoms with Gasteiger partial charge in [-0.2, -0.15) is 0 Å². The number of nitrogens with zero attached hydrogens (tertiary/aromatic N) is 2. The van der Waals surface area contributed by atoms with Crippen LogP contribution in [0.4, 0.5) is 0 Å². The van der Waals surface area contributed by atoms with Gasteiger partial charge in [-0.15, -0.1) is 0 Å². The van der Waals surface area contributed by atoms with Crippen molar-refractivity contribution >= 4 is 27.2 Å². The van der Waals surface area contributed by atoms with Crippen molar-refractivity contribution in [2.24, 2.45) is 5.92 Å². The molecule has 1 fully saturated rings. The summed E-state index contributed by atoms with van der Waals surface area (Å²) >= 11 is 5.66. The molecule has 1 aromatic heterocycles. The topological polar surface area (TPSA) is 62.3 Å². The van der Waals surface area contributed by atoms with Gasteiger partial charge in [0.15, 0.2) is 14.9 Å². The molecule has 2 rings (SSSR count). The fraction of sp³-hybridized carbons (Fsp3) is 0.684. The fourth-order valence-corrected chi connectivity index (χ4v) is 5.38. The lowest BCUT2D eigenvalue weighted by Crippen LogP contribution is -2.47. The van der Waals surface area contributed by atoms with Gasteiger partial charge >= 0.3 is 0 Å². The Morgan fingerprint density at radius 2 is 2.27 bits per heavy atom. The van der Waals surface area contributed by atoms with Gasteiger partial charge in [-0.05, 0) is 42.6 Å². The summed E-state index contributed by atoms with van der Waals surface area (Å²) in [4.78, 5) is 6.21. The second kappa shape index (κ2) is 10.2. The molecule has 5 nitrogen and oxygen atoms in total. The van der Waals surface area contributed by atoms with Gasteiger partial charge in [0.25, 0.3) is 0 Å². The molecule has 2 heterocycles. The number of hydrogen-bond acceptors (Lipinski definition) is 4. The van der Waals surface area contributed by atoms with E-state index in [9.17, 15) is 8.42 Å². The number of sulfone groups is 1. The summed E-state index contributed by atoms with van der Waals surface area (Å²) in [5.41, 5.74) is 1.04. The smallest absolute Gasteiger partial charge is 0.169 e. The molecule has 0 aromatic carbocycles. The minimum Gasteiger partial charge on any atom is -0.362 e. The van der Waals surface area contributed by atoms with Crippen LogP contribution in [0.2, 0.25) is 0 Å². The van der Waals surface area contributed by atoms with Crippen molar-refractivity contribution in [2.45, 2.75) is 58.5 Å². The van der Waals surface area contributed by atoms with Crippen LogP contribution >= 0.6 is 12.2 Å². The van der Waals surface area contributed by atoms with Crippen LogP contribution in [-0.4, -0.2) is 47.5 Å². The van der Waals surface area contributed by atoms with E-state index >= 15 is 0 Å². The Kier molecular flexibility index (Phi) is 8.28. The summed E-state index contributed by atoms with van der Waals surface area (Å²) in [5, 5.41) is 4.07. The molecule has 7 heteroatoms. The largest absolute Gasteiger partial charge is 0.362 e. The highest BCUT2D eigenvalue weighted by Gasteiger charge is 2.33. The third kappa shape index (κ3) is 6.50. The van der Waals surface area contributed by atoms with Crippen molar-refractivity contribution < 1.29 is 8.42 Å². The van der Waals surface area contributed by atoms with E-state index in [1.165, 1.54) is 19.3 Å². The third-order valence-corrected chi connectivity index (χ3v) is 7.20. The molecule has 2 atom stereocenters. The van der Waals surface area contributed by atoms with E-state index in [1.54, 1.807) is 6.20 Å². The maximum Gasteiger partial charge on any atom is 0.169 e. The van der Waals surface area contributed by atoms with Crippen LogP contribution in [0.3, 0.4) is 0 Å². The number of nitrogens with one attached hydrogen (secondary N) is 1. The predicted octanol–water partition coefficient (Wildman–Crippen LogP) is 3.16. The van der Waals surface area contributed by atoms with Gasteiger partial charge < -0.3 is 10.2 Å². The van der Waals surface area contributed by atoms with Crippen LogP contribution in [0.15, 0.2) is 24.5 Å². The van der Waals surface area contributed by atoms with Crippen molar-refractivity contribution in [2.75, 3.05) is 18.1 Å². The Bertz CT molecular complexity index is 665. The van der Waals surface area contributed by atoms with Crippen LogP contribution in [0.1, 0.15) is 51.5 Å². The van der Waals surface area contributed by atoms with E-state index in [4.69, 9.17) is 12.2 Å². The molecule has 0 saturated carbocycles. The Morgan fingerprint density at radius 1 is 1.46 bits per heavy atom. The molecule has 0 spiro atoms. The van der Waals surface area contributed by atoms with Crippen molar-refractivity contribution in [3.63, 3.8) is 0 Å². The first-order chi connectivity index (χ1) is 12.4. The molecule has 146 valence electrons. The van der Waals surface area contributed by atoms with Gasteiger partial charge in [0, 0.05) is 31.5 Å². The first kappa shape index (κ1) is 21.1. The average molecular weight is 398 g/mol. The normalized spacial score (nSPS) is 19.8. The first-order valence-electron chi connectivity index (χ1n) is 9.59. The molecule has 1 N–H and O–H groups in total. The molecule has 0 unspecified atom stereocenters. The highest BCUT2D eigenvalue weighted by atomic mass is 32.2. The zero-order chi connectivity index (χ0) is 19.0. The SMILES string of the molecule is CCCC[C@H](CC)CNC(=S)N(Cc1cccnc1)[C@@H]1CCS(=O)(=O)C1. The summed E-state index contributed by atoms with van der Waals surface area (Å²) < 4.78 is 23.9. The third-order valence-electron chi connectivity index (χ3n) is 5.07. The zero-order valence-electron chi connectivity index (χ0n) is 15.9. The van der Waals surface area contributed by atoms with Gasteiger partial charge in [-0.3, -0.25) is 4.98 Å². The number of aromatic nitrogens is 1. The second-order valence-corrected chi connectivity index (χ2v) is 9.76. The lowest BCUT2D eigenvalue weighted by Gasteiger charge is -2.32. The van der Waals surface area contributed by atoms with E-state index in [-0.39, 0.29) is 17.5 Å². The second-order valence-electron chi connectivity index (χ2n) is 7.15. The highest BCUT2D eigenvalue weighted by molar-refractivity contribution is 7.91. The van der Waals surface area contributed by atoms with Crippen LogP contribution in [0.25, 0.3) is 0 Å². The first-order valence-corrected chi connectivity index (χ1v) is 11.8. The van der Waals surface area contributed by atoms with Crippen LogP contribution in [0, 0.1) is 5.92 Å². The van der Waals surface area contributed by atoms with Crippen molar-refractivity contribution in [1.82, 2.24) is 15.2 Å². The van der Waals surface area contributed by atoms with Crippen LogP contribution in [0.5, 0.6) is 0 Å². The molecule has 1 saturated heterocycles. The van der Waals surface area contributed by atoms with E-state index in [1.807, 2.05) is 23.2 Å². The summed E-state index contributed by atoms with van der Waals surface area (Å²) in [6, 6.07) is 3.84. The highest BCUT2D eigenvalue weighted by Crippen LogP contribution is 2.20. The quantitative estimate of drug-likeness (QED) is 0.646. The number of thiocarbonyl (C=S) groups is 1. The minimum atomic E-state index is -2.96. The van der Waals surface area contributed by atoms with E-state index in [2.05, 4.69) is 24.1 Å². The van der Waals surface area contributed by atoms with E-state index in [0.717, 1.165) is 18.5 Å². The van der Waals surface area contributed by atoms with Crippen molar-refractivity contribution in [3.05, 3.63) is 30.1 Å². The molecule has 0 aliphatic carbocycles. The summed E-state index contributed by atoms with van der Waals surface area (Å²) in [6.07, 6.45) is 8.94. The molecule has 0 bridgehead atoms. The predicted molar refractivity (Wildman–Crippen MR) is 111 cm³/mol. The number of hydrogen-bond donors (Lipinski definition) is 1. The molecule has 0 amide bonds. The molecule has 1 aliphatic rings. The molecular formula is C19H31N3O2S2. The van der Waals surface area contributed by atoms with Gasteiger partial charge in [-0.25, -0.2) is 8.42 Å². The van der Waals surface area contributed by atoms with Gasteiger partial charge in [0.2, 0.25) is 0 Å². The molecule has 0 radical (unpaired) electrons. The number of rotatable bonds is 9. The van der Waals surface area contributed by atoms with Crippen molar-refractivity contribution in [3.8, 4) is 0 Å². The number of unbranched alkanes of at least 4 members (excludes halogenated alkanes) is 1. The lowest BCUT2D eigenvalue weighted by atomic mass is 9.99. The minimum absolute atomic E-state index is 0.0593. The Hall–Kier alpha value is -1.21. The fourth-order valence-electron chi connectivity index (χ4n) is 3.35. The standard InChI is InChI=1S/C19H31N3O2S2/c1-3-5-7-16(4-2)13-21-19(25)22(14-17-8-6-10-20-12-17)18-9-11-26(23,24)15-18/h6,8,10,12,16,18H,3-5,7,9,11,13-15H2,1-2H3,(H,21,25)/t16-,18+/m0/s1. The van der Waals surface area contributed by atoms with Gasteiger partial charge in [-0.1, -0.05) is 39.2 Å². The maximum atomic E-state index is 11.9. The molecule has 26 heavy (non-hydrogen) atoms. The molecular weight excluding hydrogens is 366 g/mol. The summed E-state index contributed by atoms with van der Waals surface area (Å²) in [5.74, 6) is 1.03. The average Bonchev–Trinajstić information content (AvgIpc) is 3.00. The zero-order valence-corrected chi connectivity index (χ0v) is 17.5. The Morgan fingerprint density at radius 3 is 2.85 bits per heavy atom. The molecule has 1 aromatic rings. The summed E-state index contributed by atoms with van der Waals surface area (Å²) in [7, 11) is -2.96. The lowest BCUT2D eigenvalue weighted by molar-refractivity contribution is 0.318. The van der Waals surface area contributed by atoms with E-state index < -0.39 is 9.84 Å².